The summed E-state index contributed by atoms with van der Waals surface area (Å²) in [5.41, 5.74) is 8.30. The van der Waals surface area contributed by atoms with E-state index in [4.69, 9.17) is 20.7 Å². The van der Waals surface area contributed by atoms with Crippen molar-refractivity contribution in [1.29, 1.82) is 0 Å². The van der Waals surface area contributed by atoms with E-state index in [0.717, 1.165) is 4.57 Å². The SMILES string of the molecule is Nc1ccn([C@@H]2O[C@H](COP(=O)(O)C[C@]3(C(=O)O)C[C@@H](O)[C@H](O)[C@@H](N)C3)[C@@H](O)[C@H]2O)c(=O)n1. The molecule has 1 saturated heterocycles. The topological polar surface area (TPSA) is 261 Å². The Balaban J connectivity index is 1.70. The Morgan fingerprint density at radius 3 is 2.52 bits per heavy atom. The predicted molar refractivity (Wildman–Crippen MR) is 109 cm³/mol. The number of aliphatic carboxylic acids is 1. The van der Waals surface area contributed by atoms with Crippen molar-refractivity contribution in [3.63, 3.8) is 0 Å². The van der Waals surface area contributed by atoms with Crippen molar-refractivity contribution < 1.29 is 49.0 Å². The summed E-state index contributed by atoms with van der Waals surface area (Å²) in [6.07, 6.45) is -9.52. The van der Waals surface area contributed by atoms with Crippen LogP contribution in [0.3, 0.4) is 0 Å². The van der Waals surface area contributed by atoms with Gasteiger partial charge in [-0.25, -0.2) is 4.79 Å². The molecule has 2 heterocycles. The third kappa shape index (κ3) is 5.26. The minimum Gasteiger partial charge on any atom is -0.481 e. The van der Waals surface area contributed by atoms with Crippen LogP contribution in [0.4, 0.5) is 5.82 Å². The number of ether oxygens (including phenoxy) is 1. The summed E-state index contributed by atoms with van der Waals surface area (Å²) in [5.74, 6) is -1.57. The van der Waals surface area contributed by atoms with Crippen LogP contribution in [0.5, 0.6) is 0 Å². The van der Waals surface area contributed by atoms with Gasteiger partial charge < -0.3 is 51.2 Å². The van der Waals surface area contributed by atoms with Gasteiger partial charge in [0, 0.05) is 12.2 Å². The molecule has 0 spiro atoms. The second kappa shape index (κ2) is 9.37. The molecule has 2 fully saturated rings. The Hall–Kier alpha value is -1.94. The van der Waals surface area contributed by atoms with Crippen molar-refractivity contribution in [2.45, 2.75) is 55.6 Å². The monoisotopic (exact) mass is 494 g/mol. The van der Waals surface area contributed by atoms with Gasteiger partial charge in [-0.3, -0.25) is 13.9 Å². The minimum atomic E-state index is -4.66. The van der Waals surface area contributed by atoms with Crippen LogP contribution >= 0.6 is 7.60 Å². The van der Waals surface area contributed by atoms with E-state index < -0.39 is 86.6 Å². The van der Waals surface area contributed by atoms with E-state index in [1.165, 1.54) is 12.3 Å². The molecule has 15 nitrogen and oxygen atoms in total. The number of nitrogens with two attached hydrogens (primary N) is 2. The van der Waals surface area contributed by atoms with Crippen molar-refractivity contribution in [3.8, 4) is 0 Å². The van der Waals surface area contributed by atoms with Gasteiger partial charge in [-0.1, -0.05) is 0 Å². The number of carboxylic acids is 1. The fourth-order valence-electron chi connectivity index (χ4n) is 4.17. The molecule has 16 heteroatoms. The lowest BCUT2D eigenvalue weighted by molar-refractivity contribution is -0.157. The van der Waals surface area contributed by atoms with E-state index in [1.54, 1.807) is 0 Å². The maximum atomic E-state index is 12.7. The van der Waals surface area contributed by atoms with Crippen LogP contribution in [0.15, 0.2) is 17.1 Å². The zero-order valence-corrected chi connectivity index (χ0v) is 18.1. The molecule has 0 aromatic carbocycles. The van der Waals surface area contributed by atoms with Crippen LogP contribution in [0.2, 0.25) is 0 Å². The molecule has 1 aliphatic heterocycles. The van der Waals surface area contributed by atoms with Gasteiger partial charge in [-0.2, -0.15) is 4.98 Å². The minimum absolute atomic E-state index is 0.0715. The Kier molecular flexibility index (Phi) is 7.29. The first kappa shape index (κ1) is 25.7. The molecule has 1 aromatic heterocycles. The van der Waals surface area contributed by atoms with Crippen LogP contribution in [-0.4, -0.2) is 95.3 Å². The summed E-state index contributed by atoms with van der Waals surface area (Å²) >= 11 is 0. The van der Waals surface area contributed by atoms with Gasteiger partial charge in [0.15, 0.2) is 6.23 Å². The second-order valence-electron chi connectivity index (χ2n) is 8.40. The molecule has 2 aliphatic rings. The molecule has 0 radical (unpaired) electrons. The average molecular weight is 494 g/mol. The molecule has 0 bridgehead atoms. The Morgan fingerprint density at radius 2 is 1.94 bits per heavy atom. The third-order valence-corrected chi connectivity index (χ3v) is 7.48. The lowest BCUT2D eigenvalue weighted by Gasteiger charge is -2.41. The number of rotatable bonds is 7. The van der Waals surface area contributed by atoms with Gasteiger partial charge in [0.05, 0.1) is 30.4 Å². The highest BCUT2D eigenvalue weighted by Crippen LogP contribution is 2.52. The number of carboxylic acid groups (broad SMARTS) is 1. The van der Waals surface area contributed by atoms with E-state index in [2.05, 4.69) is 4.98 Å². The van der Waals surface area contributed by atoms with E-state index in [9.17, 15) is 44.6 Å². The van der Waals surface area contributed by atoms with Gasteiger partial charge in [-0.15, -0.1) is 0 Å². The molecule has 1 saturated carbocycles. The van der Waals surface area contributed by atoms with Crippen molar-refractivity contribution >= 4 is 19.4 Å². The zero-order chi connectivity index (χ0) is 24.7. The number of hydrogen-bond acceptors (Lipinski definition) is 12. The Labute approximate surface area is 186 Å². The first-order valence-corrected chi connectivity index (χ1v) is 11.7. The van der Waals surface area contributed by atoms with Gasteiger partial charge in [0.1, 0.15) is 24.1 Å². The summed E-state index contributed by atoms with van der Waals surface area (Å²) in [7, 11) is -4.66. The molecule has 1 unspecified atom stereocenters. The second-order valence-corrected chi connectivity index (χ2v) is 10.2. The number of aliphatic hydroxyl groups is 4. The fourth-order valence-corrected chi connectivity index (χ4v) is 5.80. The van der Waals surface area contributed by atoms with Gasteiger partial charge in [-0.05, 0) is 18.9 Å². The van der Waals surface area contributed by atoms with Gasteiger partial charge >= 0.3 is 19.3 Å². The summed E-state index contributed by atoms with van der Waals surface area (Å²) in [4.78, 5) is 37.6. The number of aliphatic hydroxyl groups excluding tert-OH is 4. The molecule has 0 amide bonds. The number of hydrogen-bond donors (Lipinski definition) is 8. The number of nitrogen functional groups attached to an aromatic ring is 1. The van der Waals surface area contributed by atoms with E-state index in [0.29, 0.717) is 0 Å². The molecule has 33 heavy (non-hydrogen) atoms. The largest absolute Gasteiger partial charge is 0.481 e. The normalized spacial score (nSPS) is 38.7. The predicted octanol–water partition coefficient (Wildman–Crippen LogP) is -3.44. The first-order valence-electron chi connectivity index (χ1n) is 9.94. The van der Waals surface area contributed by atoms with Crippen molar-refractivity contribution in [1.82, 2.24) is 9.55 Å². The number of aromatic nitrogens is 2. The van der Waals surface area contributed by atoms with Crippen molar-refractivity contribution in [2.75, 3.05) is 18.5 Å². The Bertz CT molecular complexity index is 978. The number of carbonyl (C=O) groups is 1. The molecule has 9 atom stereocenters. The quantitative estimate of drug-likeness (QED) is 0.172. The van der Waals surface area contributed by atoms with Gasteiger partial charge in [0.25, 0.3) is 0 Å². The van der Waals surface area contributed by atoms with Crippen LogP contribution in [0.1, 0.15) is 19.1 Å². The highest BCUT2D eigenvalue weighted by atomic mass is 31.2. The standard InChI is InChI=1S/C17H27N4O11P/c18-7-3-17(15(26)27,4-8(22)11(7)23)6-33(29,30)31-5-9-12(24)13(25)14(32-9)21-2-1-10(19)20-16(21)28/h1-2,7-9,11-14,22-25H,3-6,18H2,(H,26,27)(H,29,30)(H2,19,20,28)/t7-,8+,9+,11+,12+,13+,14+,17+/m0/s1. The first-order chi connectivity index (χ1) is 15.3. The van der Waals surface area contributed by atoms with Gasteiger partial charge in [0.2, 0.25) is 0 Å². The maximum absolute atomic E-state index is 12.7. The molecule has 10 N–H and O–H groups in total. The molecule has 1 aliphatic carbocycles. The third-order valence-electron chi connectivity index (χ3n) is 5.92. The van der Waals surface area contributed by atoms with Crippen molar-refractivity contribution in [3.05, 3.63) is 22.7 Å². The smallest absolute Gasteiger partial charge is 0.351 e. The highest BCUT2D eigenvalue weighted by Gasteiger charge is 2.53. The Morgan fingerprint density at radius 1 is 1.27 bits per heavy atom. The van der Waals surface area contributed by atoms with Crippen LogP contribution < -0.4 is 17.2 Å². The summed E-state index contributed by atoms with van der Waals surface area (Å²) in [6, 6.07) is 0.119. The summed E-state index contributed by atoms with van der Waals surface area (Å²) in [6.45, 7) is -0.730. The average Bonchev–Trinajstić information content (AvgIpc) is 2.98. The number of nitrogens with zero attached hydrogens (tertiary/aromatic N) is 2. The molecular formula is C17H27N4O11P. The summed E-state index contributed by atoms with van der Waals surface area (Å²) in [5, 5.41) is 49.9. The van der Waals surface area contributed by atoms with Crippen LogP contribution in [-0.2, 0) is 18.6 Å². The molecule has 3 rings (SSSR count). The van der Waals surface area contributed by atoms with E-state index in [-0.39, 0.29) is 12.2 Å². The number of anilines is 1. The van der Waals surface area contributed by atoms with E-state index >= 15 is 0 Å². The van der Waals surface area contributed by atoms with Crippen LogP contribution in [0.25, 0.3) is 0 Å². The lowest BCUT2D eigenvalue weighted by Crippen LogP contribution is -2.56. The molecule has 186 valence electrons. The van der Waals surface area contributed by atoms with Crippen molar-refractivity contribution in [2.24, 2.45) is 11.1 Å². The van der Waals surface area contributed by atoms with E-state index in [1.807, 2.05) is 0 Å². The summed E-state index contributed by atoms with van der Waals surface area (Å²) < 4.78 is 24.0. The molecule has 1 aromatic rings. The zero-order valence-electron chi connectivity index (χ0n) is 17.2. The molecular weight excluding hydrogens is 467 g/mol. The lowest BCUT2D eigenvalue weighted by atomic mass is 9.71. The maximum Gasteiger partial charge on any atom is 0.351 e. The van der Waals surface area contributed by atoms with Crippen LogP contribution in [0, 0.1) is 5.41 Å². The fraction of sp³-hybridized carbons (Fsp3) is 0.706. The highest BCUT2D eigenvalue weighted by molar-refractivity contribution is 7.52.